The summed E-state index contributed by atoms with van der Waals surface area (Å²) < 4.78 is 10.9. The van der Waals surface area contributed by atoms with Crippen LogP contribution in [0.1, 0.15) is 78.7 Å². The summed E-state index contributed by atoms with van der Waals surface area (Å²) in [6.45, 7) is 8.78. The van der Waals surface area contributed by atoms with Crippen LogP contribution in [-0.4, -0.2) is 45.9 Å². The number of esters is 1. The van der Waals surface area contributed by atoms with Crippen LogP contribution in [0.4, 0.5) is 0 Å². The normalized spacial score (nSPS) is 16.4. The quantitative estimate of drug-likeness (QED) is 0.150. The highest BCUT2D eigenvalue weighted by Crippen LogP contribution is 2.41. The van der Waals surface area contributed by atoms with Crippen molar-refractivity contribution in [2.24, 2.45) is 0 Å². The van der Waals surface area contributed by atoms with E-state index < -0.39 is 23.7 Å². The van der Waals surface area contributed by atoms with Crippen molar-refractivity contribution >= 4 is 23.4 Å². The zero-order valence-electron chi connectivity index (χ0n) is 23.2. The molecule has 1 aliphatic heterocycles. The molecular formula is C32H34N2O6. The van der Waals surface area contributed by atoms with Gasteiger partial charge < -0.3 is 19.5 Å². The van der Waals surface area contributed by atoms with Crippen molar-refractivity contribution in [2.75, 3.05) is 13.2 Å². The van der Waals surface area contributed by atoms with Gasteiger partial charge in [0.15, 0.2) is 0 Å². The number of aromatic nitrogens is 1. The number of aliphatic hydroxyl groups excluding tert-OH is 1. The second-order valence-electron chi connectivity index (χ2n) is 9.89. The number of nitrogens with zero attached hydrogens (tertiary/aromatic N) is 2. The summed E-state index contributed by atoms with van der Waals surface area (Å²) in [5, 5.41) is 11.5. The van der Waals surface area contributed by atoms with E-state index in [0.29, 0.717) is 41.2 Å². The zero-order valence-corrected chi connectivity index (χ0v) is 23.2. The number of hydrogen-bond acceptors (Lipinski definition) is 7. The van der Waals surface area contributed by atoms with Gasteiger partial charge in [-0.1, -0.05) is 39.0 Å². The highest BCUT2D eigenvalue weighted by molar-refractivity contribution is 6.46. The summed E-state index contributed by atoms with van der Waals surface area (Å²) in [6.07, 6.45) is 3.91. The molecule has 0 aliphatic carbocycles. The third-order valence-electron chi connectivity index (χ3n) is 6.73. The number of benzene rings is 2. The van der Waals surface area contributed by atoms with Crippen molar-refractivity contribution in [3.63, 3.8) is 0 Å². The van der Waals surface area contributed by atoms with Gasteiger partial charge in [-0.25, -0.2) is 4.79 Å². The molecule has 0 radical (unpaired) electrons. The molecule has 4 rings (SSSR count). The van der Waals surface area contributed by atoms with Crippen LogP contribution in [0.3, 0.4) is 0 Å². The third-order valence-corrected chi connectivity index (χ3v) is 6.73. The van der Waals surface area contributed by atoms with Gasteiger partial charge in [0.25, 0.3) is 11.7 Å². The largest absolute Gasteiger partial charge is 0.507 e. The summed E-state index contributed by atoms with van der Waals surface area (Å²) in [5.41, 5.74) is 3.02. The van der Waals surface area contributed by atoms with Crippen LogP contribution in [0.15, 0.2) is 72.6 Å². The molecule has 8 nitrogen and oxygen atoms in total. The Morgan fingerprint density at radius 3 is 2.40 bits per heavy atom. The lowest BCUT2D eigenvalue weighted by Gasteiger charge is -2.25. The molecule has 8 heteroatoms. The fraction of sp³-hybridized carbons (Fsp3) is 0.312. The van der Waals surface area contributed by atoms with Crippen LogP contribution >= 0.6 is 0 Å². The number of likely N-dealkylation sites (tertiary alicyclic amines) is 1. The molecule has 1 amide bonds. The van der Waals surface area contributed by atoms with E-state index in [9.17, 15) is 19.5 Å². The monoisotopic (exact) mass is 542 g/mol. The second-order valence-corrected chi connectivity index (χ2v) is 9.89. The number of carbonyl (C=O) groups excluding carboxylic acids is 3. The molecule has 0 spiro atoms. The van der Waals surface area contributed by atoms with Gasteiger partial charge in [0.1, 0.15) is 11.5 Å². The van der Waals surface area contributed by atoms with Crippen LogP contribution in [0, 0.1) is 0 Å². The summed E-state index contributed by atoms with van der Waals surface area (Å²) in [7, 11) is 0. The van der Waals surface area contributed by atoms with Crippen molar-refractivity contribution < 1.29 is 29.0 Å². The van der Waals surface area contributed by atoms with Crippen LogP contribution in [0.2, 0.25) is 0 Å². The highest BCUT2D eigenvalue weighted by Gasteiger charge is 2.46. The van der Waals surface area contributed by atoms with Crippen LogP contribution in [-0.2, 0) is 20.9 Å². The van der Waals surface area contributed by atoms with Crippen LogP contribution in [0.5, 0.6) is 5.75 Å². The molecule has 0 bridgehead atoms. The Labute approximate surface area is 234 Å². The lowest BCUT2D eigenvalue weighted by molar-refractivity contribution is -0.140. The molecule has 1 N–H and O–H groups in total. The number of rotatable bonds is 10. The standard InChI is InChI=1S/C32H34N2O6/c1-5-16-40-32(38)22-11-9-21(10-12-22)19-34-28(24-8-7-15-33-18-24)27(30(36)31(34)37)29(35)23-13-14-26(39-6-2)25(17-23)20(3)4/h7-15,17-18,20,28,35H,5-6,16,19H2,1-4H3/b29-27-. The molecule has 1 aromatic heterocycles. The van der Waals surface area contributed by atoms with Crippen LogP contribution in [0.25, 0.3) is 5.76 Å². The van der Waals surface area contributed by atoms with Crippen molar-refractivity contribution in [3.8, 4) is 5.75 Å². The smallest absolute Gasteiger partial charge is 0.338 e. The molecule has 1 fully saturated rings. The van der Waals surface area contributed by atoms with E-state index in [0.717, 1.165) is 12.0 Å². The summed E-state index contributed by atoms with van der Waals surface area (Å²) in [4.78, 5) is 44.6. The van der Waals surface area contributed by atoms with E-state index in [4.69, 9.17) is 9.47 Å². The van der Waals surface area contributed by atoms with Gasteiger partial charge in [-0.3, -0.25) is 14.6 Å². The first-order valence-electron chi connectivity index (χ1n) is 13.5. The molecule has 2 heterocycles. The zero-order chi connectivity index (χ0) is 28.8. The summed E-state index contributed by atoms with van der Waals surface area (Å²) >= 11 is 0. The van der Waals surface area contributed by atoms with Gasteiger partial charge in [0, 0.05) is 24.5 Å². The van der Waals surface area contributed by atoms with Crippen molar-refractivity contribution in [2.45, 2.75) is 52.6 Å². The molecular weight excluding hydrogens is 508 g/mol. The number of ether oxygens (including phenoxy) is 2. The van der Waals surface area contributed by atoms with E-state index in [-0.39, 0.29) is 23.8 Å². The number of Topliss-reactive ketones (excluding diaryl/α,β-unsaturated/α-hetero) is 1. The number of amides is 1. The molecule has 0 saturated carbocycles. The van der Waals surface area contributed by atoms with Gasteiger partial charge >= 0.3 is 5.97 Å². The van der Waals surface area contributed by atoms with Crippen LogP contribution < -0.4 is 4.74 Å². The SMILES string of the molecule is CCCOC(=O)c1ccc(CN2C(=O)C(=O)/C(=C(\O)c3ccc(OCC)c(C(C)C)c3)C2c2cccnc2)cc1. The Kier molecular flexibility index (Phi) is 8.99. The van der Waals surface area contributed by atoms with E-state index in [1.807, 2.05) is 27.7 Å². The number of carbonyl (C=O) groups is 3. The highest BCUT2D eigenvalue weighted by atomic mass is 16.5. The summed E-state index contributed by atoms with van der Waals surface area (Å²) in [5.74, 6) is -1.36. The Balaban J connectivity index is 1.74. The molecule has 40 heavy (non-hydrogen) atoms. The first-order valence-corrected chi connectivity index (χ1v) is 13.5. The average molecular weight is 543 g/mol. The fourth-order valence-corrected chi connectivity index (χ4v) is 4.74. The maximum absolute atomic E-state index is 13.4. The van der Waals surface area contributed by atoms with E-state index in [1.165, 1.54) is 4.90 Å². The lowest BCUT2D eigenvalue weighted by Crippen LogP contribution is -2.29. The Morgan fingerprint density at radius 1 is 1.05 bits per heavy atom. The van der Waals surface area contributed by atoms with E-state index >= 15 is 0 Å². The van der Waals surface area contributed by atoms with Crippen molar-refractivity contribution in [3.05, 3.63) is 100 Å². The Morgan fingerprint density at radius 2 is 1.77 bits per heavy atom. The first kappa shape index (κ1) is 28.5. The second kappa shape index (κ2) is 12.6. The number of pyridine rings is 1. The number of hydrogen-bond donors (Lipinski definition) is 1. The number of ketones is 1. The maximum atomic E-state index is 13.4. The molecule has 1 saturated heterocycles. The van der Waals surface area contributed by atoms with Gasteiger partial charge in [-0.2, -0.15) is 0 Å². The minimum absolute atomic E-state index is 0.00312. The topological polar surface area (TPSA) is 106 Å². The predicted octanol–water partition coefficient (Wildman–Crippen LogP) is 5.79. The Bertz CT molecular complexity index is 1410. The minimum Gasteiger partial charge on any atom is -0.507 e. The Hall–Kier alpha value is -4.46. The van der Waals surface area contributed by atoms with E-state index in [2.05, 4.69) is 4.98 Å². The van der Waals surface area contributed by atoms with Crippen molar-refractivity contribution in [1.29, 1.82) is 0 Å². The number of aliphatic hydroxyl groups is 1. The molecule has 208 valence electrons. The fourth-order valence-electron chi connectivity index (χ4n) is 4.74. The van der Waals surface area contributed by atoms with Crippen molar-refractivity contribution in [1.82, 2.24) is 9.88 Å². The lowest BCUT2D eigenvalue weighted by atomic mass is 9.93. The van der Waals surface area contributed by atoms with Gasteiger partial charge in [0.2, 0.25) is 0 Å². The van der Waals surface area contributed by atoms with Gasteiger partial charge in [-0.15, -0.1) is 0 Å². The summed E-state index contributed by atoms with van der Waals surface area (Å²) in [6, 6.07) is 14.6. The first-order chi connectivity index (χ1) is 19.3. The molecule has 1 unspecified atom stereocenters. The maximum Gasteiger partial charge on any atom is 0.338 e. The van der Waals surface area contributed by atoms with E-state index in [1.54, 1.807) is 67.0 Å². The molecule has 1 atom stereocenters. The molecule has 3 aromatic rings. The minimum atomic E-state index is -0.850. The third kappa shape index (κ3) is 5.91. The molecule has 1 aliphatic rings. The molecule has 2 aromatic carbocycles. The van der Waals surface area contributed by atoms with Gasteiger partial charge in [0.05, 0.1) is 30.4 Å². The average Bonchev–Trinajstić information content (AvgIpc) is 3.21. The predicted molar refractivity (Wildman–Crippen MR) is 151 cm³/mol. The van der Waals surface area contributed by atoms with Gasteiger partial charge in [-0.05, 0) is 72.4 Å².